The van der Waals surface area contributed by atoms with Gasteiger partial charge in [0.1, 0.15) is 6.61 Å². The van der Waals surface area contributed by atoms with Gasteiger partial charge in [0.05, 0.1) is 5.02 Å². The molecule has 0 aliphatic heterocycles. The van der Waals surface area contributed by atoms with Crippen LogP contribution in [0.3, 0.4) is 0 Å². The van der Waals surface area contributed by atoms with Crippen LogP contribution in [0.2, 0.25) is 5.02 Å². The number of benzene rings is 2. The van der Waals surface area contributed by atoms with Gasteiger partial charge >= 0.3 is 5.91 Å². The molecule has 1 heterocycles. The van der Waals surface area contributed by atoms with Gasteiger partial charge in [0.15, 0.2) is 0 Å². The number of amides is 1. The largest absolute Gasteiger partial charge is 0.418 e. The fraction of sp³-hybridized carbons (Fsp3) is 0.105. The van der Waals surface area contributed by atoms with Crippen LogP contribution in [0.4, 0.5) is 5.69 Å². The first kappa shape index (κ1) is 17.7. The highest BCUT2D eigenvalue weighted by Gasteiger charge is 2.09. The molecule has 0 atom stereocenters. The van der Waals surface area contributed by atoms with Gasteiger partial charge in [-0.3, -0.25) is 4.79 Å². The highest BCUT2D eigenvalue weighted by atomic mass is 35.5. The number of carbonyl (C=O) groups excluding carboxylic acids is 1. The molecule has 0 spiro atoms. The minimum Gasteiger partial charge on any atom is -0.418 e. The Hall–Kier alpha value is -3.14. The third kappa shape index (κ3) is 4.28. The molecule has 1 amide bonds. The Morgan fingerprint density at radius 2 is 2.00 bits per heavy atom. The number of aliphatic hydroxyl groups is 1. The lowest BCUT2D eigenvalue weighted by Crippen LogP contribution is -2.08. The summed E-state index contributed by atoms with van der Waals surface area (Å²) in [5, 5.41) is 19.5. The van der Waals surface area contributed by atoms with Crippen molar-refractivity contribution in [2.24, 2.45) is 0 Å². The van der Waals surface area contributed by atoms with E-state index in [2.05, 4.69) is 27.4 Å². The quantitative estimate of drug-likeness (QED) is 0.694. The predicted octanol–water partition coefficient (Wildman–Crippen LogP) is 3.18. The first-order valence-corrected chi connectivity index (χ1v) is 8.06. The topological polar surface area (TPSA) is 88.2 Å². The second-order valence-electron chi connectivity index (χ2n) is 5.42. The summed E-state index contributed by atoms with van der Waals surface area (Å²) in [4.78, 5) is 11.9. The van der Waals surface area contributed by atoms with Crippen molar-refractivity contribution in [2.45, 2.75) is 13.5 Å². The Balaban J connectivity index is 1.73. The molecule has 0 aliphatic carbocycles. The maximum atomic E-state index is 11.9. The van der Waals surface area contributed by atoms with Crippen molar-refractivity contribution < 1.29 is 14.3 Å². The van der Waals surface area contributed by atoms with Crippen molar-refractivity contribution in [3.05, 3.63) is 64.5 Å². The van der Waals surface area contributed by atoms with Crippen LogP contribution in [0.1, 0.15) is 17.0 Å². The van der Waals surface area contributed by atoms with E-state index in [4.69, 9.17) is 21.1 Å². The number of halogens is 1. The van der Waals surface area contributed by atoms with Crippen LogP contribution >= 0.6 is 11.6 Å². The number of rotatable bonds is 3. The van der Waals surface area contributed by atoms with E-state index >= 15 is 0 Å². The smallest absolute Gasteiger partial charge is 0.300 e. The first-order chi connectivity index (χ1) is 12.5. The van der Waals surface area contributed by atoms with Gasteiger partial charge in [-0.25, -0.2) is 0 Å². The summed E-state index contributed by atoms with van der Waals surface area (Å²) in [6.45, 7) is 1.64. The minimum absolute atomic E-state index is 0.118. The average Bonchev–Trinajstić information content (AvgIpc) is 3.12. The van der Waals surface area contributed by atoms with Crippen LogP contribution in [0, 0.1) is 18.8 Å². The number of carbonyl (C=O) groups is 1. The Kier molecular flexibility index (Phi) is 5.32. The first-order valence-electron chi connectivity index (χ1n) is 7.68. The number of hydrogen-bond acceptors (Lipinski definition) is 5. The third-order valence-corrected chi connectivity index (χ3v) is 3.75. The lowest BCUT2D eigenvalue weighted by atomic mass is 10.1. The summed E-state index contributed by atoms with van der Waals surface area (Å²) in [5.41, 5.74) is 2.87. The van der Waals surface area contributed by atoms with Crippen LogP contribution < -0.4 is 5.32 Å². The Morgan fingerprint density at radius 1 is 1.23 bits per heavy atom. The minimum atomic E-state index is -0.432. The van der Waals surface area contributed by atoms with Crippen LogP contribution in [0.25, 0.3) is 11.5 Å². The molecule has 2 aromatic carbocycles. The van der Waals surface area contributed by atoms with Crippen LogP contribution in [-0.4, -0.2) is 21.2 Å². The monoisotopic (exact) mass is 367 g/mol. The van der Waals surface area contributed by atoms with Crippen LogP contribution in [0.5, 0.6) is 0 Å². The normalized spacial score (nSPS) is 10.1. The molecule has 130 valence electrons. The molecular weight excluding hydrogens is 354 g/mol. The van der Waals surface area contributed by atoms with Gasteiger partial charge in [-0.1, -0.05) is 35.2 Å². The highest BCUT2D eigenvalue weighted by Crippen LogP contribution is 2.24. The fourth-order valence-electron chi connectivity index (χ4n) is 2.11. The van der Waals surface area contributed by atoms with Gasteiger partial charge in [-0.2, -0.15) is 0 Å². The number of nitrogens with one attached hydrogen (secondary N) is 1. The molecule has 0 radical (unpaired) electrons. The van der Waals surface area contributed by atoms with Crippen molar-refractivity contribution in [1.29, 1.82) is 0 Å². The van der Waals surface area contributed by atoms with Gasteiger partial charge in [0, 0.05) is 22.7 Å². The average molecular weight is 368 g/mol. The van der Waals surface area contributed by atoms with Crippen LogP contribution in [0.15, 0.2) is 46.9 Å². The Bertz CT molecular complexity index is 1000. The number of nitrogens with zero attached hydrogens (tertiary/aromatic N) is 2. The molecule has 0 bridgehead atoms. The van der Waals surface area contributed by atoms with E-state index in [1.54, 1.807) is 18.2 Å². The van der Waals surface area contributed by atoms with E-state index in [0.29, 0.717) is 21.8 Å². The van der Waals surface area contributed by atoms with Crippen molar-refractivity contribution in [1.82, 2.24) is 10.2 Å². The van der Waals surface area contributed by atoms with Crippen LogP contribution in [-0.2, 0) is 11.4 Å². The maximum absolute atomic E-state index is 11.9. The van der Waals surface area contributed by atoms with Gasteiger partial charge in [-0.15, -0.1) is 10.2 Å². The van der Waals surface area contributed by atoms with E-state index in [1.165, 1.54) is 0 Å². The Labute approximate surface area is 154 Å². The summed E-state index contributed by atoms with van der Waals surface area (Å²) in [5.74, 6) is 5.17. The molecule has 3 rings (SSSR count). The summed E-state index contributed by atoms with van der Waals surface area (Å²) in [6, 6.07) is 12.4. The van der Waals surface area contributed by atoms with E-state index in [1.807, 2.05) is 31.2 Å². The molecule has 0 aliphatic rings. The third-order valence-electron chi connectivity index (χ3n) is 3.44. The fourth-order valence-corrected chi connectivity index (χ4v) is 2.33. The number of aromatic nitrogens is 2. The zero-order valence-electron chi connectivity index (χ0n) is 13.8. The molecule has 2 N–H and O–H groups in total. The van der Waals surface area contributed by atoms with Crippen molar-refractivity contribution in [2.75, 3.05) is 5.32 Å². The van der Waals surface area contributed by atoms with Gasteiger partial charge in [0.25, 0.3) is 0 Å². The second kappa shape index (κ2) is 7.83. The molecule has 7 heteroatoms. The summed E-state index contributed by atoms with van der Waals surface area (Å²) >= 11 is 6.21. The molecule has 0 saturated heterocycles. The number of aliphatic hydroxyl groups excluding tert-OH is 1. The standard InChI is InChI=1S/C19H14ClN3O3/c1-12-2-7-15(8-3-12)21-17(25)9-6-13-4-5-14(10-16(13)20)19-23-22-18(11-24)26-19/h2-5,7-8,10,24H,11H2,1H3,(H,21,25). The van der Waals surface area contributed by atoms with Crippen molar-refractivity contribution in [3.8, 4) is 23.3 Å². The maximum Gasteiger partial charge on any atom is 0.300 e. The second-order valence-corrected chi connectivity index (χ2v) is 5.83. The number of aryl methyl sites for hydroxylation is 1. The SMILES string of the molecule is Cc1ccc(NC(=O)C#Cc2ccc(-c3nnc(CO)o3)cc2Cl)cc1. The summed E-state index contributed by atoms with van der Waals surface area (Å²) in [7, 11) is 0. The predicted molar refractivity (Wildman–Crippen MR) is 97.4 cm³/mol. The number of anilines is 1. The molecule has 0 unspecified atom stereocenters. The molecule has 0 fully saturated rings. The highest BCUT2D eigenvalue weighted by molar-refractivity contribution is 6.32. The lowest BCUT2D eigenvalue weighted by molar-refractivity contribution is -0.111. The molecule has 6 nitrogen and oxygen atoms in total. The summed E-state index contributed by atoms with van der Waals surface area (Å²) < 4.78 is 5.26. The Morgan fingerprint density at radius 3 is 2.65 bits per heavy atom. The van der Waals surface area contributed by atoms with Crippen molar-refractivity contribution in [3.63, 3.8) is 0 Å². The molecule has 26 heavy (non-hydrogen) atoms. The zero-order valence-corrected chi connectivity index (χ0v) is 14.5. The van der Waals surface area contributed by atoms with Gasteiger partial charge in [0.2, 0.25) is 11.8 Å². The molecule has 3 aromatic rings. The molecular formula is C19H14ClN3O3. The zero-order chi connectivity index (χ0) is 18.5. The lowest BCUT2D eigenvalue weighted by Gasteiger charge is -2.01. The van der Waals surface area contributed by atoms with E-state index in [-0.39, 0.29) is 18.4 Å². The van der Waals surface area contributed by atoms with Gasteiger partial charge < -0.3 is 14.8 Å². The van der Waals surface area contributed by atoms with E-state index in [9.17, 15) is 4.79 Å². The number of hydrogen-bond donors (Lipinski definition) is 2. The van der Waals surface area contributed by atoms with Gasteiger partial charge in [-0.05, 0) is 37.3 Å². The van der Waals surface area contributed by atoms with Crippen molar-refractivity contribution >= 4 is 23.2 Å². The van der Waals surface area contributed by atoms with E-state index in [0.717, 1.165) is 5.56 Å². The van der Waals surface area contributed by atoms with E-state index < -0.39 is 5.91 Å². The molecule has 1 aromatic heterocycles. The molecule has 0 saturated carbocycles. The summed E-state index contributed by atoms with van der Waals surface area (Å²) in [6.07, 6.45) is 0.